The van der Waals surface area contributed by atoms with Crippen molar-refractivity contribution in [2.75, 3.05) is 37.8 Å². The van der Waals surface area contributed by atoms with Crippen molar-refractivity contribution in [1.82, 2.24) is 4.90 Å². The molecule has 0 radical (unpaired) electrons. The maximum atomic E-state index is 13.6. The first-order valence-corrected chi connectivity index (χ1v) is 13.9. The Morgan fingerprint density at radius 3 is 2.32 bits per heavy atom. The number of carbonyl (C=O) groups is 2. The molecule has 0 aromatic heterocycles. The number of amides is 2. The highest BCUT2D eigenvalue weighted by atomic mass is 32.2. The third kappa shape index (κ3) is 6.76. The van der Waals surface area contributed by atoms with Crippen molar-refractivity contribution < 1.29 is 23.8 Å². The molecule has 2 heterocycles. The lowest BCUT2D eigenvalue weighted by Crippen LogP contribution is -2.45. The molecular formula is C29H35N3O5S. The fourth-order valence-electron chi connectivity index (χ4n) is 4.16. The molecule has 2 amide bonds. The summed E-state index contributed by atoms with van der Waals surface area (Å²) in [4.78, 5) is 35.1. The lowest BCUT2D eigenvalue weighted by molar-refractivity contribution is -0.134. The van der Waals surface area contributed by atoms with Crippen LogP contribution >= 0.6 is 11.8 Å². The zero-order valence-corrected chi connectivity index (χ0v) is 23.2. The van der Waals surface area contributed by atoms with Gasteiger partial charge in [0.1, 0.15) is 17.2 Å². The summed E-state index contributed by atoms with van der Waals surface area (Å²) in [6, 6.07) is 14.9. The number of hydrogen-bond donors (Lipinski definition) is 0. The second-order valence-electron chi connectivity index (χ2n) is 9.18. The zero-order chi connectivity index (χ0) is 27.1. The van der Waals surface area contributed by atoms with Crippen LogP contribution in [0, 0.1) is 0 Å². The van der Waals surface area contributed by atoms with Gasteiger partial charge in [0.2, 0.25) is 5.91 Å². The molecule has 4 rings (SSSR count). The Hall–Kier alpha value is -3.30. The van der Waals surface area contributed by atoms with Crippen molar-refractivity contribution >= 4 is 40.5 Å². The summed E-state index contributed by atoms with van der Waals surface area (Å²) in [5, 5.41) is 0.121. The van der Waals surface area contributed by atoms with Crippen LogP contribution in [0.1, 0.15) is 39.7 Å². The Morgan fingerprint density at radius 2 is 1.71 bits per heavy atom. The Bertz CT molecular complexity index is 1170. The fourth-order valence-corrected chi connectivity index (χ4v) is 5.27. The number of nitrogens with zero attached hydrogens (tertiary/aromatic N) is 3. The highest BCUT2D eigenvalue weighted by Crippen LogP contribution is 2.33. The number of benzene rings is 2. The van der Waals surface area contributed by atoms with Crippen LogP contribution in [0.4, 0.5) is 5.69 Å². The minimum atomic E-state index is -0.364. The summed E-state index contributed by atoms with van der Waals surface area (Å²) in [5.74, 6) is 1.29. The normalized spacial score (nSPS) is 17.7. The standard InChI is InChI=1S/C29H35N3O5S/c1-5-26(28(34)31-15-17-35-18-16-31)38-29-30-25(19-21-7-11-24(12-8-21)37-20(3)4)27(33)32(29)22-9-13-23(14-10-22)36-6-2/h7-14,19-20,26H,5-6,15-18H2,1-4H3. The molecule has 202 valence electrons. The van der Waals surface area contributed by atoms with E-state index in [0.29, 0.717) is 55.9 Å². The number of hydrogen-bond acceptors (Lipinski definition) is 7. The fraction of sp³-hybridized carbons (Fsp3) is 0.414. The number of thioether (sulfide) groups is 1. The Labute approximate surface area is 228 Å². The second-order valence-corrected chi connectivity index (χ2v) is 10.3. The number of aliphatic imine (C=N–C) groups is 1. The molecule has 0 bridgehead atoms. The Kier molecular flexibility index (Phi) is 9.47. The smallest absolute Gasteiger partial charge is 0.283 e. The van der Waals surface area contributed by atoms with Gasteiger partial charge in [0.25, 0.3) is 5.91 Å². The van der Waals surface area contributed by atoms with Gasteiger partial charge in [0.05, 0.1) is 36.9 Å². The molecule has 0 saturated carbocycles. The number of morpholine rings is 1. The van der Waals surface area contributed by atoms with Gasteiger partial charge in [0.15, 0.2) is 5.17 Å². The van der Waals surface area contributed by atoms with Gasteiger partial charge in [-0.25, -0.2) is 4.99 Å². The summed E-state index contributed by atoms with van der Waals surface area (Å²) in [5.41, 5.74) is 1.82. The molecule has 0 N–H and O–H groups in total. The number of rotatable bonds is 9. The van der Waals surface area contributed by atoms with E-state index >= 15 is 0 Å². The average molecular weight is 538 g/mol. The molecule has 2 aromatic carbocycles. The minimum Gasteiger partial charge on any atom is -0.494 e. The predicted molar refractivity (Wildman–Crippen MR) is 152 cm³/mol. The van der Waals surface area contributed by atoms with E-state index < -0.39 is 0 Å². The molecule has 2 aliphatic rings. The number of carbonyl (C=O) groups excluding carboxylic acids is 2. The van der Waals surface area contributed by atoms with Crippen LogP contribution < -0.4 is 14.4 Å². The van der Waals surface area contributed by atoms with Crippen LogP contribution in [0.25, 0.3) is 6.08 Å². The van der Waals surface area contributed by atoms with Crippen molar-refractivity contribution in [3.8, 4) is 11.5 Å². The lowest BCUT2D eigenvalue weighted by Gasteiger charge is -2.30. The van der Waals surface area contributed by atoms with Crippen molar-refractivity contribution in [2.24, 2.45) is 4.99 Å². The van der Waals surface area contributed by atoms with Crippen LogP contribution in [0.3, 0.4) is 0 Å². The second kappa shape index (κ2) is 13.0. The van der Waals surface area contributed by atoms with E-state index in [1.165, 1.54) is 11.8 Å². The molecular weight excluding hydrogens is 502 g/mol. The summed E-state index contributed by atoms with van der Waals surface area (Å²) in [7, 11) is 0. The van der Waals surface area contributed by atoms with Crippen molar-refractivity contribution in [2.45, 2.75) is 45.5 Å². The first-order chi connectivity index (χ1) is 18.4. The minimum absolute atomic E-state index is 0.0424. The van der Waals surface area contributed by atoms with Gasteiger partial charge in [-0.2, -0.15) is 0 Å². The first kappa shape index (κ1) is 27.7. The van der Waals surface area contributed by atoms with Crippen LogP contribution in [0.5, 0.6) is 11.5 Å². The molecule has 38 heavy (non-hydrogen) atoms. The van der Waals surface area contributed by atoms with E-state index in [9.17, 15) is 9.59 Å². The van der Waals surface area contributed by atoms with E-state index in [1.54, 1.807) is 11.0 Å². The van der Waals surface area contributed by atoms with Crippen molar-refractivity contribution in [1.29, 1.82) is 0 Å². The summed E-state index contributed by atoms with van der Waals surface area (Å²) < 4.78 is 16.7. The van der Waals surface area contributed by atoms with Gasteiger partial charge in [-0.15, -0.1) is 0 Å². The topological polar surface area (TPSA) is 80.7 Å². The van der Waals surface area contributed by atoms with Gasteiger partial charge in [-0.1, -0.05) is 30.8 Å². The van der Waals surface area contributed by atoms with E-state index in [1.807, 2.05) is 81.1 Å². The Balaban J connectivity index is 1.63. The van der Waals surface area contributed by atoms with E-state index in [2.05, 4.69) is 0 Å². The SMILES string of the molecule is CCOc1ccc(N2C(=O)C(=Cc3ccc(OC(C)C)cc3)N=C2SC(CC)C(=O)N2CCOCC2)cc1. The number of amidine groups is 1. The molecule has 1 unspecified atom stereocenters. The number of anilines is 1. The molecule has 8 nitrogen and oxygen atoms in total. The highest BCUT2D eigenvalue weighted by Gasteiger charge is 2.36. The molecule has 1 atom stereocenters. The monoisotopic (exact) mass is 537 g/mol. The molecule has 1 saturated heterocycles. The molecule has 2 aliphatic heterocycles. The zero-order valence-electron chi connectivity index (χ0n) is 22.4. The van der Waals surface area contributed by atoms with Crippen LogP contribution in [0.15, 0.2) is 59.2 Å². The van der Waals surface area contributed by atoms with Crippen molar-refractivity contribution in [3.63, 3.8) is 0 Å². The maximum Gasteiger partial charge on any atom is 0.283 e. The maximum absolute atomic E-state index is 13.6. The van der Waals surface area contributed by atoms with E-state index in [-0.39, 0.29) is 23.2 Å². The largest absolute Gasteiger partial charge is 0.494 e. The third-order valence-electron chi connectivity index (χ3n) is 6.01. The summed E-state index contributed by atoms with van der Waals surface area (Å²) >= 11 is 1.33. The predicted octanol–water partition coefficient (Wildman–Crippen LogP) is 4.99. The molecule has 0 aliphatic carbocycles. The molecule has 9 heteroatoms. The summed E-state index contributed by atoms with van der Waals surface area (Å²) in [6.07, 6.45) is 2.46. The first-order valence-electron chi connectivity index (χ1n) is 13.1. The molecule has 1 fully saturated rings. The van der Waals surface area contributed by atoms with Gasteiger partial charge in [-0.05, 0) is 75.2 Å². The number of ether oxygens (including phenoxy) is 3. The van der Waals surface area contributed by atoms with E-state index in [4.69, 9.17) is 19.2 Å². The van der Waals surface area contributed by atoms with Gasteiger partial charge in [-0.3, -0.25) is 14.5 Å². The van der Waals surface area contributed by atoms with Gasteiger partial charge < -0.3 is 19.1 Å². The third-order valence-corrected chi connectivity index (χ3v) is 7.31. The highest BCUT2D eigenvalue weighted by molar-refractivity contribution is 8.15. The van der Waals surface area contributed by atoms with Crippen molar-refractivity contribution in [3.05, 3.63) is 59.8 Å². The van der Waals surface area contributed by atoms with Crippen LogP contribution in [-0.4, -0.2) is 66.1 Å². The summed E-state index contributed by atoms with van der Waals surface area (Å²) in [6.45, 7) is 10.6. The van der Waals surface area contributed by atoms with Gasteiger partial charge in [0, 0.05) is 13.1 Å². The van der Waals surface area contributed by atoms with Gasteiger partial charge >= 0.3 is 0 Å². The lowest BCUT2D eigenvalue weighted by atomic mass is 10.2. The van der Waals surface area contributed by atoms with Crippen LogP contribution in [-0.2, 0) is 14.3 Å². The Morgan fingerprint density at radius 1 is 1.05 bits per heavy atom. The quantitative estimate of drug-likeness (QED) is 0.420. The van der Waals surface area contributed by atoms with Crippen LogP contribution in [0.2, 0.25) is 0 Å². The molecule has 0 spiro atoms. The van der Waals surface area contributed by atoms with E-state index in [0.717, 1.165) is 17.1 Å². The average Bonchev–Trinajstić information content (AvgIpc) is 3.23. The molecule has 2 aromatic rings.